The number of hydrogen-bond acceptors (Lipinski definition) is 3. The largest absolute Gasteiger partial charge is 0.493 e. The Bertz CT molecular complexity index is 510. The van der Waals surface area contributed by atoms with Crippen molar-refractivity contribution < 1.29 is 9.84 Å². The fraction of sp³-hybridized carbons (Fsp3) is 0.357. The van der Waals surface area contributed by atoms with Gasteiger partial charge in [0.25, 0.3) is 0 Å². The third-order valence-corrected chi connectivity index (χ3v) is 3.43. The zero-order valence-electron chi connectivity index (χ0n) is 10.0. The van der Waals surface area contributed by atoms with E-state index in [0.717, 1.165) is 12.2 Å². The number of imidazole rings is 1. The first-order valence-corrected chi connectivity index (χ1v) is 6.23. The fourth-order valence-corrected chi connectivity index (χ4v) is 2.50. The van der Waals surface area contributed by atoms with E-state index in [2.05, 4.69) is 16.0 Å². The van der Waals surface area contributed by atoms with Gasteiger partial charge in [-0.15, -0.1) is 0 Å². The topological polar surface area (TPSA) is 58.1 Å². The second kappa shape index (κ2) is 4.82. The molecule has 2 heterocycles. The van der Waals surface area contributed by atoms with Crippen molar-refractivity contribution in [3.05, 3.63) is 48.0 Å². The Morgan fingerprint density at radius 3 is 3.17 bits per heavy atom. The molecule has 2 atom stereocenters. The smallest absolute Gasteiger partial charge is 0.135 e. The summed E-state index contributed by atoms with van der Waals surface area (Å²) in [6.45, 7) is 0.715. The first-order chi connectivity index (χ1) is 8.84. The van der Waals surface area contributed by atoms with Crippen molar-refractivity contribution in [2.45, 2.75) is 24.9 Å². The highest BCUT2D eigenvalue weighted by Gasteiger charge is 2.24. The number of para-hydroxylation sites is 1. The van der Waals surface area contributed by atoms with Crippen molar-refractivity contribution in [2.75, 3.05) is 6.61 Å². The van der Waals surface area contributed by atoms with Crippen LogP contribution in [0.25, 0.3) is 0 Å². The molecule has 3 rings (SSSR count). The number of ether oxygens (including phenoxy) is 1. The predicted octanol–water partition coefficient (Wildman–Crippen LogP) is 2.40. The minimum atomic E-state index is -0.545. The van der Waals surface area contributed by atoms with Crippen molar-refractivity contribution in [1.82, 2.24) is 9.97 Å². The van der Waals surface area contributed by atoms with Crippen molar-refractivity contribution >= 4 is 0 Å². The van der Waals surface area contributed by atoms with E-state index in [-0.39, 0.29) is 0 Å². The maximum Gasteiger partial charge on any atom is 0.135 e. The van der Waals surface area contributed by atoms with Crippen molar-refractivity contribution in [2.24, 2.45) is 0 Å². The van der Waals surface area contributed by atoms with E-state index in [4.69, 9.17) is 4.74 Å². The Morgan fingerprint density at radius 1 is 1.44 bits per heavy atom. The summed E-state index contributed by atoms with van der Waals surface area (Å²) in [6, 6.07) is 8.05. The normalized spacial score (nSPS) is 19.9. The Labute approximate surface area is 106 Å². The average molecular weight is 244 g/mol. The number of rotatable bonds is 3. The number of aromatic nitrogens is 2. The van der Waals surface area contributed by atoms with Crippen LogP contribution < -0.4 is 4.74 Å². The zero-order chi connectivity index (χ0) is 12.4. The molecule has 0 saturated heterocycles. The summed E-state index contributed by atoms with van der Waals surface area (Å²) >= 11 is 0. The Hall–Kier alpha value is -1.81. The van der Waals surface area contributed by atoms with Crippen LogP contribution in [0.1, 0.15) is 36.3 Å². The van der Waals surface area contributed by atoms with Gasteiger partial charge in [0.1, 0.15) is 17.7 Å². The molecule has 4 heteroatoms. The van der Waals surface area contributed by atoms with Crippen LogP contribution in [-0.4, -0.2) is 21.7 Å². The average Bonchev–Trinajstić information content (AvgIpc) is 2.93. The van der Waals surface area contributed by atoms with Gasteiger partial charge in [-0.2, -0.15) is 0 Å². The van der Waals surface area contributed by atoms with E-state index in [1.165, 1.54) is 5.56 Å². The van der Waals surface area contributed by atoms with Crippen molar-refractivity contribution in [3.8, 4) is 5.75 Å². The summed E-state index contributed by atoms with van der Waals surface area (Å²) < 4.78 is 5.62. The lowest BCUT2D eigenvalue weighted by Crippen LogP contribution is -2.16. The molecule has 0 spiro atoms. The molecule has 0 radical (unpaired) electrons. The number of aromatic amines is 1. The molecule has 1 aliphatic rings. The van der Waals surface area contributed by atoms with Gasteiger partial charge in [0.2, 0.25) is 0 Å². The number of benzene rings is 1. The highest BCUT2D eigenvalue weighted by atomic mass is 16.5. The van der Waals surface area contributed by atoms with Crippen LogP contribution in [0.4, 0.5) is 0 Å². The molecule has 4 nitrogen and oxygen atoms in total. The summed E-state index contributed by atoms with van der Waals surface area (Å²) in [5.74, 6) is 1.91. The molecule has 0 saturated carbocycles. The van der Waals surface area contributed by atoms with E-state index >= 15 is 0 Å². The van der Waals surface area contributed by atoms with Crippen LogP contribution in [0, 0.1) is 0 Å². The molecule has 94 valence electrons. The lowest BCUT2D eigenvalue weighted by Gasteiger charge is -2.27. The van der Waals surface area contributed by atoms with Crippen LogP contribution in [0.3, 0.4) is 0 Å². The van der Waals surface area contributed by atoms with Gasteiger partial charge >= 0.3 is 0 Å². The molecule has 1 aliphatic heterocycles. The highest BCUT2D eigenvalue weighted by molar-refractivity contribution is 5.37. The number of aliphatic hydroxyl groups excluding tert-OH is 1. The SMILES string of the molecule is OC(CC1CCOc2ccccc21)c1ncc[nH]1. The maximum atomic E-state index is 10.2. The summed E-state index contributed by atoms with van der Waals surface area (Å²) in [6.07, 6.45) is 4.46. The van der Waals surface area contributed by atoms with Gasteiger partial charge in [0, 0.05) is 12.4 Å². The molecule has 1 aromatic carbocycles. The lowest BCUT2D eigenvalue weighted by atomic mass is 9.88. The van der Waals surface area contributed by atoms with Crippen LogP contribution in [-0.2, 0) is 0 Å². The lowest BCUT2D eigenvalue weighted by molar-refractivity contribution is 0.137. The van der Waals surface area contributed by atoms with Crippen LogP contribution in [0.15, 0.2) is 36.7 Å². The molecule has 0 fully saturated rings. The minimum absolute atomic E-state index is 0.329. The monoisotopic (exact) mass is 244 g/mol. The number of fused-ring (bicyclic) bond motifs is 1. The first kappa shape index (κ1) is 11.3. The van der Waals surface area contributed by atoms with Gasteiger partial charge in [-0.05, 0) is 30.4 Å². The molecule has 18 heavy (non-hydrogen) atoms. The number of nitrogens with zero attached hydrogens (tertiary/aromatic N) is 1. The minimum Gasteiger partial charge on any atom is -0.493 e. The third-order valence-electron chi connectivity index (χ3n) is 3.43. The highest BCUT2D eigenvalue weighted by Crippen LogP contribution is 2.38. The third kappa shape index (κ3) is 2.11. The maximum absolute atomic E-state index is 10.2. The molecule has 2 unspecified atom stereocenters. The van der Waals surface area contributed by atoms with Crippen LogP contribution >= 0.6 is 0 Å². The second-order valence-corrected chi connectivity index (χ2v) is 4.60. The van der Waals surface area contributed by atoms with Crippen LogP contribution in [0.5, 0.6) is 5.75 Å². The van der Waals surface area contributed by atoms with Gasteiger partial charge in [0.05, 0.1) is 6.61 Å². The standard InChI is InChI=1S/C14H16N2O2/c17-12(14-15-6-7-16-14)9-10-5-8-18-13-4-2-1-3-11(10)13/h1-4,6-7,10,12,17H,5,8-9H2,(H,15,16). The van der Waals surface area contributed by atoms with E-state index in [0.29, 0.717) is 24.8 Å². The van der Waals surface area contributed by atoms with Crippen molar-refractivity contribution in [1.29, 1.82) is 0 Å². The predicted molar refractivity (Wildman–Crippen MR) is 67.5 cm³/mol. The fourth-order valence-electron chi connectivity index (χ4n) is 2.50. The van der Waals surface area contributed by atoms with Crippen LogP contribution in [0.2, 0.25) is 0 Å². The van der Waals surface area contributed by atoms with E-state index < -0.39 is 6.10 Å². The summed E-state index contributed by atoms with van der Waals surface area (Å²) in [5, 5.41) is 10.2. The Kier molecular flexibility index (Phi) is 3.02. The Morgan fingerprint density at radius 2 is 2.33 bits per heavy atom. The summed E-state index contributed by atoms with van der Waals surface area (Å²) in [4.78, 5) is 7.06. The molecule has 1 aromatic heterocycles. The number of hydrogen-bond donors (Lipinski definition) is 2. The van der Waals surface area contributed by atoms with Gasteiger partial charge in [-0.3, -0.25) is 0 Å². The molecule has 0 aliphatic carbocycles. The van der Waals surface area contributed by atoms with E-state index in [1.54, 1.807) is 12.4 Å². The second-order valence-electron chi connectivity index (χ2n) is 4.60. The van der Waals surface area contributed by atoms with Gasteiger partial charge in [-0.1, -0.05) is 18.2 Å². The quantitative estimate of drug-likeness (QED) is 0.871. The van der Waals surface area contributed by atoms with Crippen molar-refractivity contribution in [3.63, 3.8) is 0 Å². The molecule has 2 N–H and O–H groups in total. The molecule has 0 amide bonds. The number of H-pyrrole nitrogens is 1. The van der Waals surface area contributed by atoms with Gasteiger partial charge < -0.3 is 14.8 Å². The van der Waals surface area contributed by atoms with Gasteiger partial charge in [0.15, 0.2) is 0 Å². The molecule has 0 bridgehead atoms. The summed E-state index contributed by atoms with van der Waals surface area (Å²) in [5.41, 5.74) is 1.19. The van der Waals surface area contributed by atoms with Gasteiger partial charge in [-0.25, -0.2) is 4.98 Å². The Balaban J connectivity index is 1.78. The molecular formula is C14H16N2O2. The molecular weight excluding hydrogens is 228 g/mol. The molecule has 2 aromatic rings. The van der Waals surface area contributed by atoms with E-state index in [1.807, 2.05) is 18.2 Å². The number of aliphatic hydroxyl groups is 1. The number of nitrogens with one attached hydrogen (secondary N) is 1. The van der Waals surface area contributed by atoms with E-state index in [9.17, 15) is 5.11 Å². The first-order valence-electron chi connectivity index (χ1n) is 6.23. The summed E-state index contributed by atoms with van der Waals surface area (Å²) in [7, 11) is 0. The zero-order valence-corrected chi connectivity index (χ0v) is 10.0.